The topological polar surface area (TPSA) is 41.0 Å². The van der Waals surface area contributed by atoms with Gasteiger partial charge in [-0.25, -0.2) is 4.79 Å². The third-order valence-corrected chi connectivity index (χ3v) is 3.60. The summed E-state index contributed by atoms with van der Waals surface area (Å²) in [6.07, 6.45) is 7.63. The molecule has 0 radical (unpaired) electrons. The van der Waals surface area contributed by atoms with Gasteiger partial charge in [-0.3, -0.25) is 4.57 Å². The lowest BCUT2D eigenvalue weighted by Gasteiger charge is -2.30. The van der Waals surface area contributed by atoms with Crippen molar-refractivity contribution in [1.82, 2.24) is 14.5 Å². The molecule has 4 heteroatoms. The van der Waals surface area contributed by atoms with Gasteiger partial charge in [0, 0.05) is 11.7 Å². The molecule has 0 unspecified atom stereocenters. The van der Waals surface area contributed by atoms with Gasteiger partial charge >= 0.3 is 5.69 Å². The number of H-pyrrole nitrogens is 1. The lowest BCUT2D eigenvalue weighted by atomic mass is 10.0. The van der Waals surface area contributed by atoms with Crippen molar-refractivity contribution in [2.24, 2.45) is 0 Å². The number of hydrogen-bond donors (Lipinski definition) is 1. The maximum Gasteiger partial charge on any atom is 0.326 e. The number of nitrogens with one attached hydrogen (secondary N) is 1. The standard InChI is InChI=1S/C14H21N3O.C2H6/c1-4-5-6-13-11(2)15-14(18)17(13)12-7-9-16(3)10-8-12;1-2/h4-6,12H,1,7-10H2,2-3H3,(H,15,18);1-2H3/b6-5-;. The zero-order valence-corrected chi connectivity index (χ0v) is 13.1. The maximum atomic E-state index is 12.0. The zero-order chi connectivity index (χ0) is 15.1. The fourth-order valence-corrected chi connectivity index (χ4v) is 2.55. The average Bonchev–Trinajstić information content (AvgIpc) is 2.74. The lowest BCUT2D eigenvalue weighted by Crippen LogP contribution is -2.35. The van der Waals surface area contributed by atoms with Gasteiger partial charge in [-0.1, -0.05) is 32.6 Å². The van der Waals surface area contributed by atoms with Gasteiger partial charge in [0.15, 0.2) is 0 Å². The van der Waals surface area contributed by atoms with Gasteiger partial charge in [-0.2, -0.15) is 0 Å². The predicted octanol–water partition coefficient (Wildman–Crippen LogP) is 2.98. The van der Waals surface area contributed by atoms with Crippen molar-refractivity contribution in [3.05, 3.63) is 40.6 Å². The van der Waals surface area contributed by atoms with Gasteiger partial charge in [0.05, 0.1) is 5.69 Å². The average molecular weight is 277 g/mol. The summed E-state index contributed by atoms with van der Waals surface area (Å²) < 4.78 is 1.91. The molecule has 1 N–H and O–H groups in total. The van der Waals surface area contributed by atoms with Crippen LogP contribution in [0.5, 0.6) is 0 Å². The molecule has 0 aromatic carbocycles. The number of allylic oxidation sites excluding steroid dienone is 2. The Morgan fingerprint density at radius 3 is 2.45 bits per heavy atom. The molecule has 0 amide bonds. The van der Waals surface area contributed by atoms with E-state index in [0.29, 0.717) is 6.04 Å². The first kappa shape index (κ1) is 16.5. The monoisotopic (exact) mass is 277 g/mol. The SMILES string of the molecule is C=C/C=C\c1c(C)[nH]c(=O)n1C1CCN(C)CC1.CC. The summed E-state index contributed by atoms with van der Waals surface area (Å²) in [5.41, 5.74) is 1.91. The molecule has 1 aliphatic rings. The molecule has 0 saturated carbocycles. The quantitative estimate of drug-likeness (QED) is 0.863. The lowest BCUT2D eigenvalue weighted by molar-refractivity contribution is 0.218. The van der Waals surface area contributed by atoms with Gasteiger partial charge in [-0.15, -0.1) is 0 Å². The fourth-order valence-electron chi connectivity index (χ4n) is 2.55. The molecule has 20 heavy (non-hydrogen) atoms. The van der Waals surface area contributed by atoms with Crippen LogP contribution in [0.2, 0.25) is 0 Å². The van der Waals surface area contributed by atoms with E-state index in [-0.39, 0.29) is 5.69 Å². The van der Waals surface area contributed by atoms with Crippen LogP contribution in [0.15, 0.2) is 23.5 Å². The van der Waals surface area contributed by atoms with Gasteiger partial charge in [0.2, 0.25) is 0 Å². The number of likely N-dealkylation sites (tertiary alicyclic amines) is 1. The first-order valence-electron chi connectivity index (χ1n) is 7.42. The second-order valence-corrected chi connectivity index (χ2v) is 4.94. The Morgan fingerprint density at radius 1 is 1.30 bits per heavy atom. The highest BCUT2D eigenvalue weighted by molar-refractivity contribution is 5.49. The second-order valence-electron chi connectivity index (χ2n) is 4.94. The maximum absolute atomic E-state index is 12.0. The van der Waals surface area contributed by atoms with Crippen molar-refractivity contribution < 1.29 is 0 Å². The molecule has 1 fully saturated rings. The second kappa shape index (κ2) is 7.90. The molecule has 1 aromatic rings. The Hall–Kier alpha value is -1.55. The van der Waals surface area contributed by atoms with E-state index in [9.17, 15) is 4.79 Å². The Labute approximate surface area is 121 Å². The number of nitrogens with zero attached hydrogens (tertiary/aromatic N) is 2. The Balaban J connectivity index is 0.000000956. The van der Waals surface area contributed by atoms with Gasteiger partial charge in [0.1, 0.15) is 0 Å². The van der Waals surface area contributed by atoms with Gasteiger partial charge in [0.25, 0.3) is 0 Å². The van der Waals surface area contributed by atoms with E-state index >= 15 is 0 Å². The number of rotatable bonds is 3. The number of aryl methyl sites for hydroxylation is 1. The molecule has 1 aromatic heterocycles. The van der Waals surface area contributed by atoms with E-state index in [1.54, 1.807) is 6.08 Å². The smallest absolute Gasteiger partial charge is 0.310 e. The minimum Gasteiger partial charge on any atom is -0.310 e. The highest BCUT2D eigenvalue weighted by Gasteiger charge is 2.22. The summed E-state index contributed by atoms with van der Waals surface area (Å²) in [5.74, 6) is 0. The van der Waals surface area contributed by atoms with Crippen LogP contribution in [0, 0.1) is 6.92 Å². The van der Waals surface area contributed by atoms with Crippen molar-refractivity contribution in [1.29, 1.82) is 0 Å². The minimum atomic E-state index is 0.00534. The van der Waals surface area contributed by atoms with E-state index in [1.807, 2.05) is 37.5 Å². The molecule has 112 valence electrons. The molecule has 4 nitrogen and oxygen atoms in total. The first-order chi connectivity index (χ1) is 9.63. The van der Waals surface area contributed by atoms with Crippen LogP contribution in [-0.4, -0.2) is 34.6 Å². The fraction of sp³-hybridized carbons (Fsp3) is 0.562. The van der Waals surface area contributed by atoms with E-state index in [2.05, 4.69) is 23.5 Å². The third kappa shape index (κ3) is 3.73. The van der Waals surface area contributed by atoms with Crippen molar-refractivity contribution in [2.45, 2.75) is 39.7 Å². The normalized spacial score (nSPS) is 17.0. The Bertz CT molecular complexity index is 502. The van der Waals surface area contributed by atoms with Crippen molar-refractivity contribution in [3.63, 3.8) is 0 Å². The Morgan fingerprint density at radius 2 is 1.90 bits per heavy atom. The Kier molecular flexibility index (Phi) is 6.52. The van der Waals surface area contributed by atoms with Gasteiger partial charge < -0.3 is 9.88 Å². The molecule has 1 aliphatic heterocycles. The van der Waals surface area contributed by atoms with Crippen LogP contribution < -0.4 is 5.69 Å². The van der Waals surface area contributed by atoms with Gasteiger partial charge in [-0.05, 0) is 46.0 Å². The van der Waals surface area contributed by atoms with Crippen LogP contribution in [0.25, 0.3) is 6.08 Å². The largest absolute Gasteiger partial charge is 0.326 e. The molecular weight excluding hydrogens is 250 g/mol. The molecule has 0 aliphatic carbocycles. The molecule has 0 spiro atoms. The zero-order valence-electron chi connectivity index (χ0n) is 13.1. The van der Waals surface area contributed by atoms with Crippen LogP contribution >= 0.6 is 0 Å². The summed E-state index contributed by atoms with van der Waals surface area (Å²) in [5, 5.41) is 0. The van der Waals surface area contributed by atoms with Crippen molar-refractivity contribution in [2.75, 3.05) is 20.1 Å². The third-order valence-electron chi connectivity index (χ3n) is 3.60. The molecule has 2 heterocycles. The minimum absolute atomic E-state index is 0.00534. The number of aromatic nitrogens is 2. The van der Waals surface area contributed by atoms with Crippen LogP contribution in [0.1, 0.15) is 44.1 Å². The molecule has 1 saturated heterocycles. The predicted molar refractivity (Wildman–Crippen MR) is 86.1 cm³/mol. The first-order valence-corrected chi connectivity index (χ1v) is 7.42. The van der Waals surface area contributed by atoms with Crippen LogP contribution in [-0.2, 0) is 0 Å². The highest BCUT2D eigenvalue weighted by Crippen LogP contribution is 2.23. The molecule has 2 rings (SSSR count). The number of aromatic amines is 1. The summed E-state index contributed by atoms with van der Waals surface area (Å²) >= 11 is 0. The molecular formula is C16H27N3O. The van der Waals surface area contributed by atoms with E-state index in [1.165, 1.54) is 0 Å². The summed E-state index contributed by atoms with van der Waals surface area (Å²) in [6.45, 7) is 11.7. The summed E-state index contributed by atoms with van der Waals surface area (Å²) in [4.78, 5) is 17.2. The van der Waals surface area contributed by atoms with Crippen LogP contribution in [0.4, 0.5) is 0 Å². The summed E-state index contributed by atoms with van der Waals surface area (Å²) in [6, 6.07) is 0.308. The van der Waals surface area contributed by atoms with Crippen molar-refractivity contribution >= 4 is 6.08 Å². The molecule has 0 atom stereocenters. The highest BCUT2D eigenvalue weighted by atomic mass is 16.1. The van der Waals surface area contributed by atoms with Crippen molar-refractivity contribution in [3.8, 4) is 0 Å². The van der Waals surface area contributed by atoms with E-state index in [4.69, 9.17) is 0 Å². The molecule has 0 bridgehead atoms. The van der Waals surface area contributed by atoms with E-state index in [0.717, 1.165) is 37.3 Å². The number of piperidine rings is 1. The number of hydrogen-bond acceptors (Lipinski definition) is 2. The van der Waals surface area contributed by atoms with Crippen LogP contribution in [0.3, 0.4) is 0 Å². The summed E-state index contributed by atoms with van der Waals surface area (Å²) in [7, 11) is 2.12. The van der Waals surface area contributed by atoms with E-state index < -0.39 is 0 Å². The number of imidazole rings is 1.